The van der Waals surface area contributed by atoms with Crippen molar-refractivity contribution in [2.75, 3.05) is 6.61 Å². The molecule has 0 bridgehead atoms. The largest absolute Gasteiger partial charge is 0.483 e. The first-order valence-corrected chi connectivity index (χ1v) is 10.5. The van der Waals surface area contributed by atoms with Crippen molar-refractivity contribution in [3.63, 3.8) is 0 Å². The molecule has 31 heavy (non-hydrogen) atoms. The number of rotatable bonds is 8. The number of fused-ring (bicyclic) bond motifs is 1. The first-order chi connectivity index (χ1) is 15.0. The summed E-state index contributed by atoms with van der Waals surface area (Å²) in [6, 6.07) is 20.9. The Morgan fingerprint density at radius 1 is 0.774 bits per heavy atom. The number of hydrogen-bond acceptors (Lipinski definition) is 4. The Morgan fingerprint density at radius 2 is 1.45 bits per heavy atom. The summed E-state index contributed by atoms with van der Waals surface area (Å²) in [5, 5.41) is 4.76. The molecule has 3 rings (SSSR count). The van der Waals surface area contributed by atoms with Crippen molar-refractivity contribution >= 4 is 44.4 Å². The van der Waals surface area contributed by atoms with Gasteiger partial charge in [0.1, 0.15) is 5.75 Å². The molecule has 0 saturated heterocycles. The van der Waals surface area contributed by atoms with Gasteiger partial charge >= 0.3 is 0 Å². The van der Waals surface area contributed by atoms with E-state index in [1.807, 2.05) is 60.7 Å². The minimum absolute atomic E-state index is 0.0229. The molecule has 0 unspecified atom stereocenters. The predicted molar refractivity (Wildman–Crippen MR) is 121 cm³/mol. The van der Waals surface area contributed by atoms with Gasteiger partial charge in [0.25, 0.3) is 5.91 Å². The molecule has 7 nitrogen and oxygen atoms in total. The summed E-state index contributed by atoms with van der Waals surface area (Å²) in [6.45, 7) is 0.133. The molecule has 0 aliphatic carbocycles. The van der Waals surface area contributed by atoms with Gasteiger partial charge in [-0.05, 0) is 38.3 Å². The molecule has 0 radical (unpaired) electrons. The van der Waals surface area contributed by atoms with E-state index >= 15 is 0 Å². The van der Waals surface area contributed by atoms with Gasteiger partial charge in [-0.1, -0.05) is 60.7 Å². The molecule has 0 saturated carbocycles. The van der Waals surface area contributed by atoms with Crippen molar-refractivity contribution in [3.05, 3.63) is 76.8 Å². The highest BCUT2D eigenvalue weighted by Gasteiger charge is 2.11. The Balaban J connectivity index is 1.35. The van der Waals surface area contributed by atoms with E-state index in [0.717, 1.165) is 20.8 Å². The number of carbonyl (C=O) groups excluding carboxylic acids is 3. The number of nitrogens with one attached hydrogen (secondary N) is 3. The normalized spacial score (nSPS) is 10.4. The number of amides is 3. The highest BCUT2D eigenvalue weighted by Crippen LogP contribution is 2.32. The third kappa shape index (κ3) is 6.82. The number of hydrazine groups is 1. The van der Waals surface area contributed by atoms with Gasteiger partial charge in [-0.3, -0.25) is 25.2 Å². The molecule has 0 aromatic heterocycles. The summed E-state index contributed by atoms with van der Waals surface area (Å²) in [5.74, 6) is -0.692. The smallest absolute Gasteiger partial charge is 0.276 e. The highest BCUT2D eigenvalue weighted by atomic mass is 79.9. The van der Waals surface area contributed by atoms with Gasteiger partial charge in [0, 0.05) is 19.4 Å². The van der Waals surface area contributed by atoms with Crippen LogP contribution in [-0.2, 0) is 20.9 Å². The van der Waals surface area contributed by atoms with Crippen LogP contribution in [-0.4, -0.2) is 24.3 Å². The molecule has 3 aromatic carbocycles. The molecule has 160 valence electrons. The summed E-state index contributed by atoms with van der Waals surface area (Å²) in [5.41, 5.74) is 5.54. The van der Waals surface area contributed by atoms with Crippen molar-refractivity contribution in [2.45, 2.75) is 19.4 Å². The molecule has 0 aliphatic heterocycles. The number of benzene rings is 3. The molecule has 3 amide bonds. The fourth-order valence-corrected chi connectivity index (χ4v) is 3.43. The second-order valence-electron chi connectivity index (χ2n) is 6.75. The average Bonchev–Trinajstić information content (AvgIpc) is 2.80. The van der Waals surface area contributed by atoms with Crippen LogP contribution >= 0.6 is 15.9 Å². The van der Waals surface area contributed by atoms with Crippen LogP contribution in [0.1, 0.15) is 18.4 Å². The first kappa shape index (κ1) is 22.3. The van der Waals surface area contributed by atoms with Crippen LogP contribution in [0.25, 0.3) is 10.8 Å². The number of carbonyl (C=O) groups is 3. The lowest BCUT2D eigenvalue weighted by atomic mass is 10.1. The van der Waals surface area contributed by atoms with Crippen molar-refractivity contribution in [3.8, 4) is 5.75 Å². The molecular formula is C23H22BrN3O4. The van der Waals surface area contributed by atoms with E-state index in [-0.39, 0.29) is 25.4 Å². The first-order valence-electron chi connectivity index (χ1n) is 9.71. The van der Waals surface area contributed by atoms with Crippen molar-refractivity contribution < 1.29 is 19.1 Å². The zero-order chi connectivity index (χ0) is 22.1. The maximum Gasteiger partial charge on any atom is 0.276 e. The molecule has 8 heteroatoms. The quantitative estimate of drug-likeness (QED) is 0.428. The van der Waals surface area contributed by atoms with Crippen LogP contribution in [0.5, 0.6) is 5.75 Å². The zero-order valence-corrected chi connectivity index (χ0v) is 18.3. The van der Waals surface area contributed by atoms with Gasteiger partial charge < -0.3 is 10.1 Å². The summed E-state index contributed by atoms with van der Waals surface area (Å²) in [4.78, 5) is 35.6. The van der Waals surface area contributed by atoms with Crippen LogP contribution in [0, 0.1) is 0 Å². The number of halogens is 1. The van der Waals surface area contributed by atoms with Gasteiger partial charge in [0.2, 0.25) is 11.8 Å². The third-order valence-corrected chi connectivity index (χ3v) is 5.26. The van der Waals surface area contributed by atoms with Crippen LogP contribution in [0.2, 0.25) is 0 Å². The fourth-order valence-electron chi connectivity index (χ4n) is 2.82. The van der Waals surface area contributed by atoms with Gasteiger partial charge in [-0.2, -0.15) is 0 Å². The van der Waals surface area contributed by atoms with Gasteiger partial charge in [-0.15, -0.1) is 0 Å². The Kier molecular flexibility index (Phi) is 8.00. The molecule has 0 atom stereocenters. The van der Waals surface area contributed by atoms with E-state index in [2.05, 4.69) is 32.1 Å². The summed E-state index contributed by atoms with van der Waals surface area (Å²) in [6.07, 6.45) is -0.0208. The van der Waals surface area contributed by atoms with Crippen LogP contribution in [0.3, 0.4) is 0 Å². The standard InChI is InChI=1S/C23H22BrN3O4/c24-23-18-9-5-4-8-17(18)10-11-19(23)31-15-22(30)27-26-21(29)13-12-20(28)25-14-16-6-2-1-3-7-16/h1-11H,12-15H2,(H,25,28)(H,26,29)(H,27,30). The minimum Gasteiger partial charge on any atom is -0.483 e. The molecule has 0 fully saturated rings. The maximum absolute atomic E-state index is 11.9. The Morgan fingerprint density at radius 3 is 2.26 bits per heavy atom. The van der Waals surface area contributed by atoms with Gasteiger partial charge in [0.15, 0.2) is 6.61 Å². The van der Waals surface area contributed by atoms with E-state index < -0.39 is 11.8 Å². The van der Waals surface area contributed by atoms with Crippen LogP contribution < -0.4 is 20.9 Å². The second-order valence-corrected chi connectivity index (χ2v) is 7.54. The van der Waals surface area contributed by atoms with Crippen molar-refractivity contribution in [1.29, 1.82) is 0 Å². The Bertz CT molecular complexity index is 1070. The van der Waals surface area contributed by atoms with Crippen LogP contribution in [0.4, 0.5) is 0 Å². The fraction of sp³-hybridized carbons (Fsp3) is 0.174. The molecule has 0 spiro atoms. The third-order valence-electron chi connectivity index (χ3n) is 4.44. The minimum atomic E-state index is -0.512. The topological polar surface area (TPSA) is 96.5 Å². The molecule has 0 heterocycles. The van der Waals surface area contributed by atoms with Crippen LogP contribution in [0.15, 0.2) is 71.2 Å². The average molecular weight is 484 g/mol. The van der Waals surface area contributed by atoms with Gasteiger partial charge in [0.05, 0.1) is 4.47 Å². The predicted octanol–water partition coefficient (Wildman–Crippen LogP) is 3.23. The summed E-state index contributed by atoms with van der Waals surface area (Å²) < 4.78 is 6.29. The van der Waals surface area contributed by atoms with E-state index in [0.29, 0.717) is 12.3 Å². The second kappa shape index (κ2) is 11.1. The van der Waals surface area contributed by atoms with E-state index in [1.54, 1.807) is 6.07 Å². The Hall–Kier alpha value is -3.39. The van der Waals surface area contributed by atoms with E-state index in [1.165, 1.54) is 0 Å². The lowest BCUT2D eigenvalue weighted by Gasteiger charge is -2.11. The lowest BCUT2D eigenvalue weighted by Crippen LogP contribution is -2.44. The lowest BCUT2D eigenvalue weighted by molar-refractivity contribution is -0.131. The zero-order valence-electron chi connectivity index (χ0n) is 16.7. The molecular weight excluding hydrogens is 462 g/mol. The number of hydrogen-bond donors (Lipinski definition) is 3. The summed E-state index contributed by atoms with van der Waals surface area (Å²) in [7, 11) is 0. The maximum atomic E-state index is 11.9. The van der Waals surface area contributed by atoms with Crippen molar-refractivity contribution in [2.24, 2.45) is 0 Å². The number of ether oxygens (including phenoxy) is 1. The highest BCUT2D eigenvalue weighted by molar-refractivity contribution is 9.10. The van der Waals surface area contributed by atoms with E-state index in [9.17, 15) is 14.4 Å². The molecule has 0 aliphatic rings. The van der Waals surface area contributed by atoms with E-state index in [4.69, 9.17) is 4.74 Å². The monoisotopic (exact) mass is 483 g/mol. The Labute approximate surface area is 188 Å². The van der Waals surface area contributed by atoms with Crippen molar-refractivity contribution in [1.82, 2.24) is 16.2 Å². The summed E-state index contributed by atoms with van der Waals surface area (Å²) >= 11 is 3.49. The molecule has 3 N–H and O–H groups in total. The SMILES string of the molecule is O=C(CCC(=O)NNC(=O)COc1ccc2ccccc2c1Br)NCc1ccccc1. The van der Waals surface area contributed by atoms with Gasteiger partial charge in [-0.25, -0.2) is 0 Å². The molecule has 3 aromatic rings.